The van der Waals surface area contributed by atoms with E-state index in [1.165, 1.54) is 11.1 Å². The third-order valence-electron chi connectivity index (χ3n) is 5.96. The summed E-state index contributed by atoms with van der Waals surface area (Å²) in [4.78, 5) is 18.9. The predicted molar refractivity (Wildman–Crippen MR) is 123 cm³/mol. The minimum Gasteiger partial charge on any atom is -0.487 e. The number of ether oxygens (including phenoxy) is 1. The third kappa shape index (κ3) is 5.01. The minimum atomic E-state index is -0.245. The largest absolute Gasteiger partial charge is 0.487 e. The second-order valence-corrected chi connectivity index (χ2v) is 8.92. The van der Waals surface area contributed by atoms with E-state index in [9.17, 15) is 4.79 Å². The lowest BCUT2D eigenvalue weighted by Gasteiger charge is -2.38. The highest BCUT2D eigenvalue weighted by molar-refractivity contribution is 5.80. The summed E-state index contributed by atoms with van der Waals surface area (Å²) in [6.45, 7) is 6.36. The molecule has 164 valence electrons. The molecule has 2 aromatic carbocycles. The molecule has 2 aliphatic heterocycles. The first-order valence-corrected chi connectivity index (χ1v) is 11.0. The maximum atomic E-state index is 12.6. The summed E-state index contributed by atoms with van der Waals surface area (Å²) in [5.41, 5.74) is 3.43. The van der Waals surface area contributed by atoms with Gasteiger partial charge in [-0.3, -0.25) is 9.79 Å². The Morgan fingerprint density at radius 1 is 1.13 bits per heavy atom. The van der Waals surface area contributed by atoms with E-state index in [0.717, 1.165) is 43.2 Å². The number of amides is 1. The monoisotopic (exact) mass is 420 g/mol. The van der Waals surface area contributed by atoms with Gasteiger partial charge in [-0.15, -0.1) is 0 Å². The summed E-state index contributed by atoms with van der Waals surface area (Å²) in [6, 6.07) is 16.6. The average Bonchev–Trinajstić information content (AvgIpc) is 3.19. The first-order valence-electron chi connectivity index (χ1n) is 11.0. The summed E-state index contributed by atoms with van der Waals surface area (Å²) in [5.74, 6) is 1.88. The number of rotatable bonds is 5. The number of carbonyl (C=O) groups excluding carboxylic acids is 1. The zero-order valence-corrected chi connectivity index (χ0v) is 18.6. The standard InChI is InChI=1S/C25H32N4O2/c1-25(2)15-21(20-11-6-7-12-22(20)31-25)28-24(26-3)27-14-8-13-23(30)29-16-18-9-4-5-10-19(18)17-29/h4-7,9-12,21H,8,13-17H2,1-3H3,(H2,26,27,28). The Morgan fingerprint density at radius 2 is 1.81 bits per heavy atom. The molecule has 2 N–H and O–H groups in total. The normalized spacial score (nSPS) is 19.3. The molecule has 2 heterocycles. The van der Waals surface area contributed by atoms with E-state index in [1.54, 1.807) is 7.05 Å². The molecule has 0 saturated carbocycles. The van der Waals surface area contributed by atoms with Crippen molar-refractivity contribution < 1.29 is 9.53 Å². The van der Waals surface area contributed by atoms with Crippen molar-refractivity contribution in [2.75, 3.05) is 13.6 Å². The molecule has 6 nitrogen and oxygen atoms in total. The Morgan fingerprint density at radius 3 is 2.52 bits per heavy atom. The molecule has 0 bridgehead atoms. The van der Waals surface area contributed by atoms with Gasteiger partial charge < -0.3 is 20.3 Å². The number of carbonyl (C=O) groups is 1. The van der Waals surface area contributed by atoms with Gasteiger partial charge in [0.2, 0.25) is 5.91 Å². The molecule has 2 aromatic rings. The van der Waals surface area contributed by atoms with Gasteiger partial charge in [0, 0.05) is 45.1 Å². The smallest absolute Gasteiger partial charge is 0.223 e. The van der Waals surface area contributed by atoms with Crippen molar-refractivity contribution in [2.45, 2.75) is 57.8 Å². The second kappa shape index (κ2) is 9.00. The molecule has 0 saturated heterocycles. The van der Waals surface area contributed by atoms with Crippen LogP contribution in [-0.4, -0.2) is 36.0 Å². The topological polar surface area (TPSA) is 66.0 Å². The molecule has 1 unspecified atom stereocenters. The molecule has 0 aromatic heterocycles. The van der Waals surface area contributed by atoms with E-state index in [1.807, 2.05) is 35.2 Å². The predicted octanol–water partition coefficient (Wildman–Crippen LogP) is 3.78. The number of nitrogens with zero attached hydrogens (tertiary/aromatic N) is 2. The summed E-state index contributed by atoms with van der Waals surface area (Å²) < 4.78 is 6.12. The first-order chi connectivity index (χ1) is 14.9. The van der Waals surface area contributed by atoms with Gasteiger partial charge in [-0.2, -0.15) is 0 Å². The van der Waals surface area contributed by atoms with Crippen LogP contribution in [0.2, 0.25) is 0 Å². The Kier molecular flexibility index (Phi) is 6.16. The maximum absolute atomic E-state index is 12.6. The van der Waals surface area contributed by atoms with Crippen molar-refractivity contribution in [1.29, 1.82) is 0 Å². The number of guanidine groups is 1. The van der Waals surface area contributed by atoms with E-state index in [2.05, 4.69) is 47.7 Å². The van der Waals surface area contributed by atoms with Gasteiger partial charge in [0.25, 0.3) is 0 Å². The molecule has 6 heteroatoms. The number of nitrogens with one attached hydrogen (secondary N) is 2. The molecule has 0 aliphatic carbocycles. The molecular weight excluding hydrogens is 388 g/mol. The fourth-order valence-electron chi connectivity index (χ4n) is 4.40. The average molecular weight is 421 g/mol. The molecular formula is C25H32N4O2. The van der Waals surface area contributed by atoms with Crippen molar-refractivity contribution >= 4 is 11.9 Å². The van der Waals surface area contributed by atoms with Crippen LogP contribution in [0.1, 0.15) is 55.8 Å². The quantitative estimate of drug-likeness (QED) is 0.439. The molecule has 0 radical (unpaired) electrons. The molecule has 0 fully saturated rings. The van der Waals surface area contributed by atoms with Crippen LogP contribution >= 0.6 is 0 Å². The number of hydrogen-bond donors (Lipinski definition) is 2. The highest BCUT2D eigenvalue weighted by Gasteiger charge is 2.34. The number of benzene rings is 2. The fourth-order valence-corrected chi connectivity index (χ4v) is 4.40. The molecule has 1 amide bonds. The number of hydrogen-bond acceptors (Lipinski definition) is 3. The molecule has 4 rings (SSSR count). The van der Waals surface area contributed by atoms with Crippen LogP contribution in [0.25, 0.3) is 0 Å². The Hall–Kier alpha value is -3.02. The van der Waals surface area contributed by atoms with E-state index in [-0.39, 0.29) is 17.6 Å². The van der Waals surface area contributed by atoms with E-state index >= 15 is 0 Å². The van der Waals surface area contributed by atoms with Gasteiger partial charge in [0.15, 0.2) is 5.96 Å². The summed E-state index contributed by atoms with van der Waals surface area (Å²) in [5, 5.41) is 6.90. The van der Waals surface area contributed by atoms with Gasteiger partial charge >= 0.3 is 0 Å². The summed E-state index contributed by atoms with van der Waals surface area (Å²) >= 11 is 0. The van der Waals surface area contributed by atoms with E-state index < -0.39 is 0 Å². The number of aliphatic imine (C=N–C) groups is 1. The number of fused-ring (bicyclic) bond motifs is 2. The molecule has 0 spiro atoms. The summed E-state index contributed by atoms with van der Waals surface area (Å²) in [7, 11) is 1.78. The van der Waals surface area contributed by atoms with Gasteiger partial charge in [-0.05, 0) is 37.5 Å². The SMILES string of the molecule is CN=C(NCCCC(=O)N1Cc2ccccc2C1)NC1CC(C)(C)Oc2ccccc21. The highest BCUT2D eigenvalue weighted by Crippen LogP contribution is 2.39. The van der Waals surface area contributed by atoms with Crippen molar-refractivity contribution in [3.8, 4) is 5.75 Å². The molecule has 1 atom stereocenters. The highest BCUT2D eigenvalue weighted by atomic mass is 16.5. The summed E-state index contributed by atoms with van der Waals surface area (Å²) in [6.07, 6.45) is 2.14. The molecule has 31 heavy (non-hydrogen) atoms. The Balaban J connectivity index is 1.26. The van der Waals surface area contributed by atoms with Crippen LogP contribution in [0.15, 0.2) is 53.5 Å². The zero-order chi connectivity index (χ0) is 21.8. The first kappa shape index (κ1) is 21.2. The maximum Gasteiger partial charge on any atom is 0.223 e. The zero-order valence-electron chi connectivity index (χ0n) is 18.6. The Bertz CT molecular complexity index is 944. The van der Waals surface area contributed by atoms with Gasteiger partial charge in [-0.1, -0.05) is 42.5 Å². The fraction of sp³-hybridized carbons (Fsp3) is 0.440. The van der Waals surface area contributed by atoms with E-state index in [0.29, 0.717) is 13.0 Å². The third-order valence-corrected chi connectivity index (χ3v) is 5.96. The van der Waals surface area contributed by atoms with Crippen LogP contribution in [0.3, 0.4) is 0 Å². The number of para-hydroxylation sites is 1. The minimum absolute atomic E-state index is 0.121. The van der Waals surface area contributed by atoms with E-state index in [4.69, 9.17) is 4.74 Å². The van der Waals surface area contributed by atoms with Crippen LogP contribution in [0, 0.1) is 0 Å². The molecule has 2 aliphatic rings. The van der Waals surface area contributed by atoms with Crippen molar-refractivity contribution in [3.63, 3.8) is 0 Å². The van der Waals surface area contributed by atoms with Crippen molar-refractivity contribution in [1.82, 2.24) is 15.5 Å². The lowest BCUT2D eigenvalue weighted by atomic mass is 9.90. The van der Waals surface area contributed by atoms with Crippen molar-refractivity contribution in [3.05, 3.63) is 65.2 Å². The Labute approximate surface area is 184 Å². The second-order valence-electron chi connectivity index (χ2n) is 8.92. The van der Waals surface area contributed by atoms with Crippen LogP contribution < -0.4 is 15.4 Å². The van der Waals surface area contributed by atoms with Crippen LogP contribution in [0.4, 0.5) is 0 Å². The van der Waals surface area contributed by atoms with Gasteiger partial charge in [0.05, 0.1) is 6.04 Å². The lowest BCUT2D eigenvalue weighted by molar-refractivity contribution is -0.131. The van der Waals surface area contributed by atoms with Gasteiger partial charge in [0.1, 0.15) is 11.4 Å². The van der Waals surface area contributed by atoms with Crippen LogP contribution in [0.5, 0.6) is 5.75 Å². The van der Waals surface area contributed by atoms with Crippen LogP contribution in [-0.2, 0) is 17.9 Å². The lowest BCUT2D eigenvalue weighted by Crippen LogP contribution is -2.45. The van der Waals surface area contributed by atoms with Crippen molar-refractivity contribution in [2.24, 2.45) is 4.99 Å². The van der Waals surface area contributed by atoms with Gasteiger partial charge in [-0.25, -0.2) is 0 Å².